The van der Waals surface area contributed by atoms with Gasteiger partial charge >= 0.3 is 6.18 Å². The van der Waals surface area contributed by atoms with E-state index < -0.39 is 34.5 Å². The van der Waals surface area contributed by atoms with Crippen molar-refractivity contribution in [3.05, 3.63) is 53.1 Å². The zero-order chi connectivity index (χ0) is 22.6. The molecule has 0 aliphatic heterocycles. The molecule has 0 N–H and O–H groups in total. The van der Waals surface area contributed by atoms with Gasteiger partial charge in [-0.05, 0) is 67.3 Å². The highest BCUT2D eigenvalue weighted by Crippen LogP contribution is 2.45. The number of hydrogen-bond donors (Lipinski definition) is 0. The molecule has 0 amide bonds. The SMILES string of the molecule is CCCCCC1CCC(c2cc(F)c(-c3c(OC)cccc3C(F)(F)F)c(F)c2)CC1. The highest BCUT2D eigenvalue weighted by molar-refractivity contribution is 5.76. The maximum atomic E-state index is 15.1. The standard InChI is InChI=1S/C25H29F5O/c1-3-4-5-7-16-10-12-17(13-11-16)18-14-20(26)24(21(27)15-18)23-19(25(28,29)30)8-6-9-22(23)31-2/h6,8-9,14-17H,3-5,7,10-13H2,1-2H3. The van der Waals surface area contributed by atoms with E-state index in [1.54, 1.807) is 0 Å². The number of methoxy groups -OCH3 is 1. The Bertz CT molecular complexity index is 859. The summed E-state index contributed by atoms with van der Waals surface area (Å²) in [5, 5.41) is 0. The number of halogens is 5. The molecule has 0 radical (unpaired) electrons. The Morgan fingerprint density at radius 1 is 0.935 bits per heavy atom. The fraction of sp³-hybridized carbons (Fsp3) is 0.520. The minimum atomic E-state index is -4.77. The van der Waals surface area contributed by atoms with Crippen molar-refractivity contribution in [3.8, 4) is 16.9 Å². The third kappa shape index (κ3) is 5.39. The van der Waals surface area contributed by atoms with Gasteiger partial charge in [0.05, 0.1) is 18.2 Å². The van der Waals surface area contributed by atoms with Crippen molar-refractivity contribution in [2.45, 2.75) is 70.4 Å². The van der Waals surface area contributed by atoms with Crippen molar-refractivity contribution in [1.29, 1.82) is 0 Å². The van der Waals surface area contributed by atoms with Gasteiger partial charge in [0.1, 0.15) is 17.4 Å². The molecule has 31 heavy (non-hydrogen) atoms. The van der Waals surface area contributed by atoms with Crippen LogP contribution in [0.5, 0.6) is 5.75 Å². The van der Waals surface area contributed by atoms with E-state index in [4.69, 9.17) is 4.74 Å². The first-order chi connectivity index (χ1) is 14.8. The van der Waals surface area contributed by atoms with Gasteiger partial charge in [-0.15, -0.1) is 0 Å². The van der Waals surface area contributed by atoms with E-state index in [2.05, 4.69) is 6.92 Å². The van der Waals surface area contributed by atoms with Crippen LogP contribution in [0.4, 0.5) is 22.0 Å². The molecular weight excluding hydrogens is 411 g/mol. The van der Waals surface area contributed by atoms with Crippen LogP contribution >= 0.6 is 0 Å². The van der Waals surface area contributed by atoms with Crippen LogP contribution in [0, 0.1) is 17.6 Å². The van der Waals surface area contributed by atoms with Crippen molar-refractivity contribution in [3.63, 3.8) is 0 Å². The van der Waals surface area contributed by atoms with Gasteiger partial charge in [-0.2, -0.15) is 13.2 Å². The van der Waals surface area contributed by atoms with Gasteiger partial charge in [0.2, 0.25) is 0 Å². The lowest BCUT2D eigenvalue weighted by atomic mass is 9.76. The Kier molecular flexibility index (Phi) is 7.60. The lowest BCUT2D eigenvalue weighted by Crippen LogP contribution is -2.14. The van der Waals surface area contributed by atoms with E-state index >= 15 is 8.78 Å². The fourth-order valence-corrected chi connectivity index (χ4v) is 4.73. The number of unbranched alkanes of at least 4 members (excludes halogenated alkanes) is 2. The second-order valence-corrected chi connectivity index (χ2v) is 8.45. The van der Waals surface area contributed by atoms with Gasteiger partial charge in [0.25, 0.3) is 0 Å². The Labute approximate surface area is 180 Å². The molecule has 0 unspecified atom stereocenters. The van der Waals surface area contributed by atoms with Crippen LogP contribution in [0.3, 0.4) is 0 Å². The summed E-state index contributed by atoms with van der Waals surface area (Å²) in [7, 11) is 1.18. The van der Waals surface area contributed by atoms with Crippen LogP contribution in [-0.2, 0) is 6.18 Å². The van der Waals surface area contributed by atoms with Gasteiger partial charge in [-0.3, -0.25) is 0 Å². The molecule has 1 fully saturated rings. The van der Waals surface area contributed by atoms with Crippen molar-refractivity contribution in [2.24, 2.45) is 5.92 Å². The van der Waals surface area contributed by atoms with Gasteiger partial charge in [-0.25, -0.2) is 8.78 Å². The highest BCUT2D eigenvalue weighted by atomic mass is 19.4. The van der Waals surface area contributed by atoms with Gasteiger partial charge in [0.15, 0.2) is 0 Å². The molecule has 0 bridgehead atoms. The van der Waals surface area contributed by atoms with Crippen LogP contribution in [0.25, 0.3) is 11.1 Å². The van der Waals surface area contributed by atoms with Crippen molar-refractivity contribution < 1.29 is 26.7 Å². The minimum absolute atomic E-state index is 0.0280. The van der Waals surface area contributed by atoms with E-state index in [-0.39, 0.29) is 11.7 Å². The number of benzene rings is 2. The molecule has 2 aromatic carbocycles. The molecule has 170 valence electrons. The fourth-order valence-electron chi connectivity index (χ4n) is 4.73. The Morgan fingerprint density at radius 3 is 2.13 bits per heavy atom. The van der Waals surface area contributed by atoms with Gasteiger partial charge in [-0.1, -0.05) is 38.7 Å². The summed E-state index contributed by atoms with van der Waals surface area (Å²) in [6.45, 7) is 2.17. The first-order valence-electron chi connectivity index (χ1n) is 11.0. The lowest BCUT2D eigenvalue weighted by molar-refractivity contribution is -0.137. The molecule has 3 rings (SSSR count). The number of alkyl halides is 3. The van der Waals surface area contributed by atoms with E-state index in [0.29, 0.717) is 11.5 Å². The quantitative estimate of drug-likeness (QED) is 0.310. The minimum Gasteiger partial charge on any atom is -0.496 e. The molecule has 0 saturated heterocycles. The Balaban J connectivity index is 1.88. The predicted octanol–water partition coefficient (Wildman–Crippen LogP) is 8.51. The van der Waals surface area contributed by atoms with E-state index in [0.717, 1.165) is 37.8 Å². The number of rotatable bonds is 7. The van der Waals surface area contributed by atoms with E-state index in [1.165, 1.54) is 51.0 Å². The molecule has 1 saturated carbocycles. The first kappa shape index (κ1) is 23.6. The topological polar surface area (TPSA) is 9.23 Å². The number of hydrogen-bond acceptors (Lipinski definition) is 1. The largest absolute Gasteiger partial charge is 0.496 e. The first-order valence-corrected chi connectivity index (χ1v) is 11.0. The van der Waals surface area contributed by atoms with Gasteiger partial charge < -0.3 is 4.74 Å². The second-order valence-electron chi connectivity index (χ2n) is 8.45. The van der Waals surface area contributed by atoms with Crippen LogP contribution in [0.15, 0.2) is 30.3 Å². The van der Waals surface area contributed by atoms with Gasteiger partial charge in [0, 0.05) is 5.56 Å². The van der Waals surface area contributed by atoms with Crippen molar-refractivity contribution in [1.82, 2.24) is 0 Å². The summed E-state index contributed by atoms with van der Waals surface area (Å²) in [4.78, 5) is 0. The summed E-state index contributed by atoms with van der Waals surface area (Å²) < 4.78 is 75.7. The van der Waals surface area contributed by atoms with E-state index in [9.17, 15) is 13.2 Å². The third-order valence-corrected chi connectivity index (χ3v) is 6.40. The maximum absolute atomic E-state index is 15.1. The molecule has 2 aromatic rings. The average Bonchev–Trinajstić information content (AvgIpc) is 2.73. The summed E-state index contributed by atoms with van der Waals surface area (Å²) >= 11 is 0. The summed E-state index contributed by atoms with van der Waals surface area (Å²) in [5.41, 5.74) is -1.89. The van der Waals surface area contributed by atoms with E-state index in [1.807, 2.05) is 0 Å². The zero-order valence-electron chi connectivity index (χ0n) is 18.0. The molecule has 0 heterocycles. The van der Waals surface area contributed by atoms with Crippen molar-refractivity contribution in [2.75, 3.05) is 7.11 Å². The van der Waals surface area contributed by atoms with Crippen LogP contribution in [0.2, 0.25) is 0 Å². The molecule has 1 aliphatic rings. The molecule has 0 atom stereocenters. The predicted molar refractivity (Wildman–Crippen MR) is 112 cm³/mol. The third-order valence-electron chi connectivity index (χ3n) is 6.40. The summed E-state index contributed by atoms with van der Waals surface area (Å²) in [6.07, 6.45) is 3.77. The zero-order valence-corrected chi connectivity index (χ0v) is 18.0. The summed E-state index contributed by atoms with van der Waals surface area (Å²) in [6, 6.07) is 5.65. The maximum Gasteiger partial charge on any atom is 0.417 e. The highest BCUT2D eigenvalue weighted by Gasteiger charge is 2.37. The average molecular weight is 440 g/mol. The Hall–Kier alpha value is -2.11. The monoisotopic (exact) mass is 440 g/mol. The smallest absolute Gasteiger partial charge is 0.417 e. The van der Waals surface area contributed by atoms with Crippen molar-refractivity contribution >= 4 is 0 Å². The lowest BCUT2D eigenvalue weighted by Gasteiger charge is -2.29. The van der Waals surface area contributed by atoms with Crippen LogP contribution in [-0.4, -0.2) is 7.11 Å². The van der Waals surface area contributed by atoms with Crippen LogP contribution < -0.4 is 4.74 Å². The second kappa shape index (κ2) is 10.0. The Morgan fingerprint density at radius 2 is 1.58 bits per heavy atom. The molecule has 6 heteroatoms. The normalized spacial score (nSPS) is 19.5. The molecule has 1 aliphatic carbocycles. The molecule has 0 spiro atoms. The molecule has 1 nitrogen and oxygen atoms in total. The summed E-state index contributed by atoms with van der Waals surface area (Å²) in [5.74, 6) is -1.52. The van der Waals surface area contributed by atoms with Crippen LogP contribution in [0.1, 0.15) is 75.3 Å². The number of ether oxygens (including phenoxy) is 1. The molecule has 0 aromatic heterocycles. The molecular formula is C25H29F5O.